The van der Waals surface area contributed by atoms with Gasteiger partial charge in [0, 0.05) is 11.7 Å². The van der Waals surface area contributed by atoms with E-state index in [1.54, 1.807) is 6.07 Å². The molecular weight excluding hydrogens is 304 g/mol. The molecule has 0 amide bonds. The van der Waals surface area contributed by atoms with Crippen LogP contribution in [-0.4, -0.2) is 32.9 Å². The van der Waals surface area contributed by atoms with Crippen molar-refractivity contribution in [3.63, 3.8) is 0 Å². The Balaban J connectivity index is 2.58. The molecule has 110 valence electrons. The summed E-state index contributed by atoms with van der Waals surface area (Å²) in [5, 5.41) is 9.16. The quantitative estimate of drug-likeness (QED) is 0.900. The first-order valence-electron chi connectivity index (χ1n) is 5.99. The largest absolute Gasteiger partial charge is 0.494 e. The van der Waals surface area contributed by atoms with E-state index in [2.05, 4.69) is 0 Å². The van der Waals surface area contributed by atoms with E-state index in [1.807, 2.05) is 0 Å². The maximum absolute atomic E-state index is 11.8. The number of carbonyl (C=O) groups is 1. The first-order chi connectivity index (χ1) is 9.19. The molecule has 1 aliphatic rings. The number of rotatable bonds is 5. The van der Waals surface area contributed by atoms with Gasteiger partial charge >= 0.3 is 5.97 Å². The van der Waals surface area contributed by atoms with Gasteiger partial charge in [0.2, 0.25) is 0 Å². The van der Waals surface area contributed by atoms with Crippen molar-refractivity contribution in [2.24, 2.45) is 0 Å². The summed E-state index contributed by atoms with van der Waals surface area (Å²) in [6.45, 7) is 0. The van der Waals surface area contributed by atoms with Crippen molar-refractivity contribution in [1.29, 1.82) is 0 Å². The SMILES string of the molecule is COc1c(Cl)cc(C2(CC(=O)O)CC2)cc1S(C)(=O)=O. The van der Waals surface area contributed by atoms with Gasteiger partial charge in [0.15, 0.2) is 15.6 Å². The Morgan fingerprint density at radius 3 is 2.45 bits per heavy atom. The lowest BCUT2D eigenvalue weighted by Gasteiger charge is -2.17. The Kier molecular flexibility index (Phi) is 3.73. The molecule has 1 aliphatic carbocycles. The van der Waals surface area contributed by atoms with Gasteiger partial charge in [-0.05, 0) is 30.5 Å². The summed E-state index contributed by atoms with van der Waals surface area (Å²) < 4.78 is 28.7. The van der Waals surface area contributed by atoms with Gasteiger partial charge in [-0.1, -0.05) is 11.6 Å². The fourth-order valence-electron chi connectivity index (χ4n) is 2.36. The molecule has 1 fully saturated rings. The molecule has 0 spiro atoms. The van der Waals surface area contributed by atoms with Crippen LogP contribution in [0.4, 0.5) is 0 Å². The zero-order valence-electron chi connectivity index (χ0n) is 11.1. The monoisotopic (exact) mass is 318 g/mol. The highest BCUT2D eigenvalue weighted by atomic mass is 35.5. The van der Waals surface area contributed by atoms with Gasteiger partial charge in [0.05, 0.1) is 18.6 Å². The van der Waals surface area contributed by atoms with Crippen LogP contribution >= 0.6 is 11.6 Å². The fraction of sp³-hybridized carbons (Fsp3) is 0.462. The first-order valence-corrected chi connectivity index (χ1v) is 8.26. The highest BCUT2D eigenvalue weighted by Crippen LogP contribution is 2.53. The molecule has 0 radical (unpaired) electrons. The van der Waals surface area contributed by atoms with Crippen molar-refractivity contribution in [1.82, 2.24) is 0 Å². The molecule has 0 bridgehead atoms. The van der Waals surface area contributed by atoms with Crippen LogP contribution in [0.3, 0.4) is 0 Å². The number of carboxylic acid groups (broad SMARTS) is 1. The molecule has 2 rings (SSSR count). The summed E-state index contributed by atoms with van der Waals surface area (Å²) in [5.41, 5.74) is 0.146. The Bertz CT molecular complexity index is 662. The first kappa shape index (κ1) is 15.1. The van der Waals surface area contributed by atoms with E-state index in [1.165, 1.54) is 13.2 Å². The van der Waals surface area contributed by atoms with Crippen molar-refractivity contribution in [3.8, 4) is 5.75 Å². The molecule has 0 atom stereocenters. The molecule has 0 heterocycles. The van der Waals surface area contributed by atoms with E-state index < -0.39 is 21.2 Å². The standard InChI is InChI=1S/C13H15ClO5S/c1-19-12-9(14)5-8(6-10(12)20(2,17)18)13(3-4-13)7-11(15)16/h5-6H,3-4,7H2,1-2H3,(H,15,16). The van der Waals surface area contributed by atoms with Crippen molar-refractivity contribution >= 4 is 27.4 Å². The summed E-state index contributed by atoms with van der Waals surface area (Å²) in [6.07, 6.45) is 2.47. The summed E-state index contributed by atoms with van der Waals surface area (Å²) in [7, 11) is -2.16. The van der Waals surface area contributed by atoms with Crippen molar-refractivity contribution < 1.29 is 23.1 Å². The minimum absolute atomic E-state index is 0.000774. The molecule has 1 saturated carbocycles. The van der Waals surface area contributed by atoms with Crippen LogP contribution in [0, 0.1) is 0 Å². The third kappa shape index (κ3) is 2.76. The summed E-state index contributed by atoms with van der Waals surface area (Å²) in [4.78, 5) is 10.9. The van der Waals surface area contributed by atoms with Crippen LogP contribution in [0.1, 0.15) is 24.8 Å². The molecule has 5 nitrogen and oxygen atoms in total. The Morgan fingerprint density at radius 1 is 1.45 bits per heavy atom. The van der Waals surface area contributed by atoms with Crippen LogP contribution in [0.2, 0.25) is 5.02 Å². The average Bonchev–Trinajstić information content (AvgIpc) is 3.06. The molecular formula is C13H15ClO5S. The molecule has 0 aromatic heterocycles. The Morgan fingerprint density at radius 2 is 2.05 bits per heavy atom. The lowest BCUT2D eigenvalue weighted by molar-refractivity contribution is -0.137. The van der Waals surface area contributed by atoms with Crippen LogP contribution < -0.4 is 4.74 Å². The highest BCUT2D eigenvalue weighted by Gasteiger charge is 2.46. The number of sulfone groups is 1. The van der Waals surface area contributed by atoms with E-state index in [4.69, 9.17) is 21.4 Å². The van der Waals surface area contributed by atoms with E-state index in [9.17, 15) is 13.2 Å². The van der Waals surface area contributed by atoms with Crippen LogP contribution in [0.25, 0.3) is 0 Å². The fourth-order valence-corrected chi connectivity index (χ4v) is 3.58. The summed E-state index contributed by atoms with van der Waals surface area (Å²) in [5.74, 6) is -0.806. The van der Waals surface area contributed by atoms with Crippen molar-refractivity contribution in [2.75, 3.05) is 13.4 Å². The minimum atomic E-state index is -3.51. The van der Waals surface area contributed by atoms with Gasteiger partial charge in [-0.3, -0.25) is 4.79 Å². The van der Waals surface area contributed by atoms with Gasteiger partial charge in [-0.15, -0.1) is 0 Å². The van der Waals surface area contributed by atoms with Gasteiger partial charge in [-0.25, -0.2) is 8.42 Å². The number of hydrogen-bond acceptors (Lipinski definition) is 4. The normalized spacial score (nSPS) is 16.8. The molecule has 0 aliphatic heterocycles. The highest BCUT2D eigenvalue weighted by molar-refractivity contribution is 7.90. The Hall–Kier alpha value is -1.27. The van der Waals surface area contributed by atoms with Crippen LogP contribution in [0.5, 0.6) is 5.75 Å². The zero-order valence-corrected chi connectivity index (χ0v) is 12.7. The Labute approximate surface area is 122 Å². The van der Waals surface area contributed by atoms with E-state index >= 15 is 0 Å². The molecule has 7 heteroatoms. The number of halogens is 1. The lowest BCUT2D eigenvalue weighted by atomic mass is 9.92. The number of methoxy groups -OCH3 is 1. The predicted octanol–water partition coefficient (Wildman–Crippen LogP) is 2.26. The summed E-state index contributed by atoms with van der Waals surface area (Å²) in [6, 6.07) is 3.08. The third-order valence-electron chi connectivity index (χ3n) is 3.57. The molecule has 0 saturated heterocycles. The van der Waals surface area contributed by atoms with Crippen molar-refractivity contribution in [3.05, 3.63) is 22.7 Å². The van der Waals surface area contributed by atoms with E-state index in [0.717, 1.165) is 6.26 Å². The lowest BCUT2D eigenvalue weighted by Crippen LogP contribution is -2.14. The number of ether oxygens (including phenoxy) is 1. The number of hydrogen-bond donors (Lipinski definition) is 1. The number of aliphatic carboxylic acids is 1. The molecule has 1 aromatic carbocycles. The second-order valence-electron chi connectivity index (χ2n) is 5.11. The van der Waals surface area contributed by atoms with E-state index in [-0.39, 0.29) is 22.1 Å². The molecule has 20 heavy (non-hydrogen) atoms. The maximum atomic E-state index is 11.8. The minimum Gasteiger partial charge on any atom is -0.494 e. The molecule has 1 N–H and O–H groups in total. The van der Waals surface area contributed by atoms with Crippen molar-refractivity contribution in [2.45, 2.75) is 29.6 Å². The van der Waals surface area contributed by atoms with Gasteiger partial charge < -0.3 is 9.84 Å². The van der Waals surface area contributed by atoms with Crippen LogP contribution in [0.15, 0.2) is 17.0 Å². The molecule has 1 aromatic rings. The van der Waals surface area contributed by atoms with Crippen LogP contribution in [-0.2, 0) is 20.0 Å². The smallest absolute Gasteiger partial charge is 0.304 e. The maximum Gasteiger partial charge on any atom is 0.304 e. The molecule has 0 unspecified atom stereocenters. The number of benzene rings is 1. The van der Waals surface area contributed by atoms with Gasteiger partial charge in [0.1, 0.15) is 4.90 Å². The second-order valence-corrected chi connectivity index (χ2v) is 7.50. The summed E-state index contributed by atoms with van der Waals surface area (Å²) >= 11 is 6.07. The zero-order chi connectivity index (χ0) is 15.1. The predicted molar refractivity (Wildman–Crippen MR) is 74.3 cm³/mol. The van der Waals surface area contributed by atoms with Gasteiger partial charge in [-0.2, -0.15) is 0 Å². The second kappa shape index (κ2) is 4.93. The third-order valence-corrected chi connectivity index (χ3v) is 4.95. The number of carboxylic acids is 1. The topological polar surface area (TPSA) is 80.7 Å². The van der Waals surface area contributed by atoms with E-state index in [0.29, 0.717) is 18.4 Å². The van der Waals surface area contributed by atoms with Gasteiger partial charge in [0.25, 0.3) is 0 Å². The average molecular weight is 319 g/mol.